The molecule has 0 atom stereocenters. The summed E-state index contributed by atoms with van der Waals surface area (Å²) >= 11 is 3.21. The number of hydrogen-bond acceptors (Lipinski definition) is 4. The minimum atomic E-state index is -3.87. The van der Waals surface area contributed by atoms with E-state index >= 15 is 0 Å². The van der Waals surface area contributed by atoms with Crippen molar-refractivity contribution >= 4 is 31.8 Å². The molecule has 0 saturated carbocycles. The smallest absolute Gasteiger partial charge is 0.246 e. The van der Waals surface area contributed by atoms with Gasteiger partial charge in [0.05, 0.1) is 5.69 Å². The third-order valence-electron chi connectivity index (χ3n) is 3.03. The largest absolute Gasteiger partial charge is 0.381 e. The minimum absolute atomic E-state index is 0.0830. The van der Waals surface area contributed by atoms with Gasteiger partial charge in [-0.1, -0.05) is 15.9 Å². The lowest BCUT2D eigenvalue weighted by Crippen LogP contribution is -2.25. The predicted molar refractivity (Wildman–Crippen MR) is 80.5 cm³/mol. The number of benzene rings is 1. The van der Waals surface area contributed by atoms with E-state index in [9.17, 15) is 12.8 Å². The van der Waals surface area contributed by atoms with E-state index in [0.29, 0.717) is 10.2 Å². The highest BCUT2D eigenvalue weighted by molar-refractivity contribution is 9.10. The molecular formula is C12H14BrFN4O2S. The maximum atomic E-state index is 13.6. The second kappa shape index (κ2) is 5.74. The van der Waals surface area contributed by atoms with Gasteiger partial charge < -0.3 is 5.73 Å². The summed E-state index contributed by atoms with van der Waals surface area (Å²) in [6, 6.07) is 4.31. The highest BCUT2D eigenvalue weighted by atomic mass is 79.9. The van der Waals surface area contributed by atoms with Gasteiger partial charge in [-0.15, -0.1) is 0 Å². The lowest BCUT2D eigenvalue weighted by Gasteiger charge is -2.08. The maximum absolute atomic E-state index is 13.6. The van der Waals surface area contributed by atoms with E-state index < -0.39 is 15.8 Å². The number of hydrogen-bond donors (Lipinski definition) is 2. The van der Waals surface area contributed by atoms with Crippen molar-refractivity contribution in [2.75, 3.05) is 5.73 Å². The SMILES string of the molecule is Cc1c(S(=O)(=O)NCc2cc(Br)ccc2F)c(N)nn1C. The van der Waals surface area contributed by atoms with Crippen molar-refractivity contribution in [3.05, 3.63) is 39.7 Å². The molecule has 0 aliphatic heterocycles. The molecule has 1 heterocycles. The Balaban J connectivity index is 2.28. The van der Waals surface area contributed by atoms with Crippen molar-refractivity contribution in [2.24, 2.45) is 7.05 Å². The molecule has 9 heteroatoms. The van der Waals surface area contributed by atoms with Crippen LogP contribution in [0.1, 0.15) is 11.3 Å². The molecule has 0 amide bonds. The zero-order valence-corrected chi connectivity index (χ0v) is 13.8. The van der Waals surface area contributed by atoms with Gasteiger partial charge in [-0.05, 0) is 25.1 Å². The number of nitrogens with zero attached hydrogens (tertiary/aromatic N) is 2. The van der Waals surface area contributed by atoms with Gasteiger partial charge in [-0.25, -0.2) is 17.5 Å². The van der Waals surface area contributed by atoms with Gasteiger partial charge >= 0.3 is 0 Å². The summed E-state index contributed by atoms with van der Waals surface area (Å²) in [5.41, 5.74) is 6.26. The number of nitrogens with two attached hydrogens (primary N) is 1. The van der Waals surface area contributed by atoms with Crippen LogP contribution in [-0.2, 0) is 23.6 Å². The van der Waals surface area contributed by atoms with Crippen LogP contribution in [0.2, 0.25) is 0 Å². The van der Waals surface area contributed by atoms with Crippen molar-refractivity contribution in [2.45, 2.75) is 18.4 Å². The Morgan fingerprint density at radius 3 is 2.71 bits per heavy atom. The highest BCUT2D eigenvalue weighted by Crippen LogP contribution is 2.22. The van der Waals surface area contributed by atoms with Gasteiger partial charge in [0.2, 0.25) is 10.0 Å². The second-order valence-electron chi connectivity index (χ2n) is 4.48. The first-order valence-corrected chi connectivity index (χ1v) is 8.22. The van der Waals surface area contributed by atoms with Crippen LogP contribution in [0.15, 0.2) is 27.6 Å². The molecule has 0 saturated heterocycles. The molecule has 0 aliphatic carbocycles. The Kier molecular flexibility index (Phi) is 4.35. The van der Waals surface area contributed by atoms with Gasteiger partial charge in [0, 0.05) is 23.6 Å². The van der Waals surface area contributed by atoms with Crippen LogP contribution in [0.3, 0.4) is 0 Å². The summed E-state index contributed by atoms with van der Waals surface area (Å²) < 4.78 is 42.5. The quantitative estimate of drug-likeness (QED) is 0.849. The summed E-state index contributed by atoms with van der Waals surface area (Å²) in [5.74, 6) is -0.575. The summed E-state index contributed by atoms with van der Waals surface area (Å²) in [6.07, 6.45) is 0. The molecule has 1 aromatic heterocycles. The van der Waals surface area contributed by atoms with Gasteiger partial charge in [0.15, 0.2) is 5.82 Å². The third-order valence-corrected chi connectivity index (χ3v) is 5.09. The molecule has 114 valence electrons. The van der Waals surface area contributed by atoms with E-state index in [4.69, 9.17) is 5.73 Å². The Labute approximate surface area is 130 Å². The Morgan fingerprint density at radius 1 is 1.48 bits per heavy atom. The van der Waals surface area contributed by atoms with Crippen molar-refractivity contribution < 1.29 is 12.8 Å². The number of halogens is 2. The van der Waals surface area contributed by atoms with Crippen molar-refractivity contribution in [3.8, 4) is 0 Å². The number of sulfonamides is 1. The molecular weight excluding hydrogens is 363 g/mol. The van der Waals surface area contributed by atoms with E-state index in [2.05, 4.69) is 25.8 Å². The molecule has 1 aromatic carbocycles. The normalized spacial score (nSPS) is 11.8. The van der Waals surface area contributed by atoms with Crippen LogP contribution < -0.4 is 10.5 Å². The summed E-state index contributed by atoms with van der Waals surface area (Å²) in [7, 11) is -2.27. The molecule has 2 aromatic rings. The highest BCUT2D eigenvalue weighted by Gasteiger charge is 2.24. The van der Waals surface area contributed by atoms with E-state index in [1.54, 1.807) is 14.0 Å². The number of anilines is 1. The number of nitrogen functional groups attached to an aromatic ring is 1. The molecule has 0 spiro atoms. The molecule has 21 heavy (non-hydrogen) atoms. The Bertz CT molecular complexity index is 789. The summed E-state index contributed by atoms with van der Waals surface area (Å²) in [4.78, 5) is -0.0830. The van der Waals surface area contributed by atoms with Crippen molar-refractivity contribution in [3.63, 3.8) is 0 Å². The van der Waals surface area contributed by atoms with Gasteiger partial charge in [0.1, 0.15) is 10.7 Å². The standard InChI is InChI=1S/C12H14BrFN4O2S/c1-7-11(12(15)17-18(7)2)21(19,20)16-6-8-5-9(13)3-4-10(8)14/h3-5,16H,6H2,1-2H3,(H2,15,17). The van der Waals surface area contributed by atoms with Crippen molar-refractivity contribution in [1.82, 2.24) is 14.5 Å². The molecule has 6 nitrogen and oxygen atoms in total. The van der Waals surface area contributed by atoms with Crippen LogP contribution >= 0.6 is 15.9 Å². The average molecular weight is 377 g/mol. The molecule has 0 unspecified atom stereocenters. The fourth-order valence-electron chi connectivity index (χ4n) is 1.87. The van der Waals surface area contributed by atoms with Crippen LogP contribution in [-0.4, -0.2) is 18.2 Å². The second-order valence-corrected chi connectivity index (χ2v) is 7.10. The molecule has 2 rings (SSSR count). The minimum Gasteiger partial charge on any atom is -0.381 e. The number of nitrogens with one attached hydrogen (secondary N) is 1. The lowest BCUT2D eigenvalue weighted by atomic mass is 10.2. The van der Waals surface area contributed by atoms with Crippen LogP contribution in [0.25, 0.3) is 0 Å². The third kappa shape index (κ3) is 3.25. The van der Waals surface area contributed by atoms with Crippen LogP contribution in [0.5, 0.6) is 0 Å². The number of aryl methyl sites for hydroxylation is 1. The van der Waals surface area contributed by atoms with Gasteiger partial charge in [-0.3, -0.25) is 4.68 Å². The lowest BCUT2D eigenvalue weighted by molar-refractivity contribution is 0.573. The molecule has 0 radical (unpaired) electrons. The van der Waals surface area contributed by atoms with E-state index in [1.165, 1.54) is 22.9 Å². The van der Waals surface area contributed by atoms with E-state index in [-0.39, 0.29) is 22.8 Å². The summed E-state index contributed by atoms with van der Waals surface area (Å²) in [5, 5.41) is 3.86. The Morgan fingerprint density at radius 2 is 2.14 bits per heavy atom. The average Bonchev–Trinajstić information content (AvgIpc) is 2.65. The molecule has 0 bridgehead atoms. The van der Waals surface area contributed by atoms with E-state index in [0.717, 1.165) is 0 Å². The maximum Gasteiger partial charge on any atom is 0.246 e. The molecule has 0 fully saturated rings. The first kappa shape index (κ1) is 15.9. The summed E-state index contributed by atoms with van der Waals surface area (Å²) in [6.45, 7) is 1.42. The fourth-order valence-corrected chi connectivity index (χ4v) is 3.61. The number of rotatable bonds is 4. The number of aromatic nitrogens is 2. The zero-order valence-electron chi connectivity index (χ0n) is 11.4. The first-order valence-electron chi connectivity index (χ1n) is 5.95. The van der Waals surface area contributed by atoms with Crippen LogP contribution in [0, 0.1) is 12.7 Å². The predicted octanol–water partition coefficient (Wildman–Crippen LogP) is 1.69. The fraction of sp³-hybridized carbons (Fsp3) is 0.250. The van der Waals surface area contributed by atoms with E-state index in [1.807, 2.05) is 0 Å². The van der Waals surface area contributed by atoms with Gasteiger partial charge in [0.25, 0.3) is 0 Å². The van der Waals surface area contributed by atoms with Crippen LogP contribution in [0.4, 0.5) is 10.2 Å². The zero-order chi connectivity index (χ0) is 15.8. The van der Waals surface area contributed by atoms with Gasteiger partial charge in [-0.2, -0.15) is 5.10 Å². The monoisotopic (exact) mass is 376 g/mol. The topological polar surface area (TPSA) is 90.0 Å². The molecule has 3 N–H and O–H groups in total. The molecule has 0 aliphatic rings. The van der Waals surface area contributed by atoms with Crippen molar-refractivity contribution in [1.29, 1.82) is 0 Å². The Hall–Kier alpha value is -1.45. The first-order chi connectivity index (χ1) is 9.72.